The van der Waals surface area contributed by atoms with Crippen LogP contribution in [0.15, 0.2) is 30.3 Å². The Kier molecular flexibility index (Phi) is 5.63. The van der Waals surface area contributed by atoms with Gasteiger partial charge in [-0.25, -0.2) is 0 Å². The molecule has 122 valence electrons. The van der Waals surface area contributed by atoms with E-state index in [1.807, 2.05) is 36.9 Å². The number of benzene rings is 1. The predicted molar refractivity (Wildman–Crippen MR) is 89.4 cm³/mol. The molecule has 0 saturated carbocycles. The molecule has 0 N–H and O–H groups in total. The highest BCUT2D eigenvalue weighted by Gasteiger charge is 2.44. The monoisotopic (exact) mass is 303 g/mol. The van der Waals surface area contributed by atoms with Crippen LogP contribution in [0.25, 0.3) is 0 Å². The van der Waals surface area contributed by atoms with Crippen molar-refractivity contribution < 1.29 is 9.53 Å². The Morgan fingerprint density at radius 2 is 2.05 bits per heavy atom. The number of carbonyl (C=O) groups is 1. The molecule has 2 rings (SSSR count). The first-order chi connectivity index (χ1) is 10.5. The number of rotatable bonds is 6. The third kappa shape index (κ3) is 3.89. The standard InChI is InChI=1S/C19H29NO2/c1-5-6-10-15(2)13-18(21)20-17(14-22-19(20,3)4)16-11-8-7-9-12-16/h7-9,11-12,15,17H,5-6,10,13-14H2,1-4H3/t15?,17-/m0/s1. The maximum atomic E-state index is 12.9. The van der Waals surface area contributed by atoms with Gasteiger partial charge in [0.1, 0.15) is 5.72 Å². The first kappa shape index (κ1) is 17.0. The van der Waals surface area contributed by atoms with Crippen molar-refractivity contribution in [3.63, 3.8) is 0 Å². The maximum absolute atomic E-state index is 12.9. The van der Waals surface area contributed by atoms with Crippen LogP contribution in [0.1, 0.15) is 65.0 Å². The highest BCUT2D eigenvalue weighted by Crippen LogP contribution is 2.37. The lowest BCUT2D eigenvalue weighted by Crippen LogP contribution is -2.45. The minimum absolute atomic E-state index is 0.0297. The zero-order valence-electron chi connectivity index (χ0n) is 14.3. The summed E-state index contributed by atoms with van der Waals surface area (Å²) in [7, 11) is 0. The molecule has 0 aromatic heterocycles. The average Bonchev–Trinajstić information content (AvgIpc) is 2.81. The molecule has 0 aliphatic carbocycles. The van der Waals surface area contributed by atoms with Crippen LogP contribution in [-0.2, 0) is 9.53 Å². The number of ether oxygens (including phenoxy) is 1. The van der Waals surface area contributed by atoms with E-state index in [1.165, 1.54) is 12.8 Å². The lowest BCUT2D eigenvalue weighted by molar-refractivity contribution is -0.147. The second-order valence-electron chi connectivity index (χ2n) is 6.90. The molecule has 0 bridgehead atoms. The van der Waals surface area contributed by atoms with Crippen molar-refractivity contribution in [3.05, 3.63) is 35.9 Å². The molecule has 1 amide bonds. The minimum Gasteiger partial charge on any atom is -0.354 e. The van der Waals surface area contributed by atoms with Crippen molar-refractivity contribution in [2.24, 2.45) is 5.92 Å². The molecule has 1 aromatic rings. The Hall–Kier alpha value is -1.35. The van der Waals surface area contributed by atoms with Gasteiger partial charge in [-0.3, -0.25) is 4.79 Å². The predicted octanol–water partition coefficient (Wildman–Crippen LogP) is 4.54. The fourth-order valence-electron chi connectivity index (χ4n) is 3.25. The van der Waals surface area contributed by atoms with E-state index in [0.29, 0.717) is 18.9 Å². The van der Waals surface area contributed by atoms with Gasteiger partial charge in [0.05, 0.1) is 12.6 Å². The second kappa shape index (κ2) is 7.28. The molecular formula is C19H29NO2. The highest BCUT2D eigenvalue weighted by atomic mass is 16.5. The van der Waals surface area contributed by atoms with Gasteiger partial charge in [0, 0.05) is 6.42 Å². The van der Waals surface area contributed by atoms with E-state index in [2.05, 4.69) is 26.0 Å². The Morgan fingerprint density at radius 1 is 1.36 bits per heavy atom. The van der Waals surface area contributed by atoms with Crippen LogP contribution in [0.4, 0.5) is 0 Å². The third-order valence-corrected chi connectivity index (χ3v) is 4.51. The summed E-state index contributed by atoms with van der Waals surface area (Å²) in [6.45, 7) is 8.92. The summed E-state index contributed by atoms with van der Waals surface area (Å²) in [6.07, 6.45) is 4.10. The van der Waals surface area contributed by atoms with E-state index in [4.69, 9.17) is 4.74 Å². The van der Waals surface area contributed by atoms with Gasteiger partial charge in [-0.15, -0.1) is 0 Å². The second-order valence-corrected chi connectivity index (χ2v) is 6.90. The number of hydrogen-bond acceptors (Lipinski definition) is 2. The fraction of sp³-hybridized carbons (Fsp3) is 0.632. The number of unbranched alkanes of at least 4 members (excludes halogenated alkanes) is 1. The van der Waals surface area contributed by atoms with Crippen molar-refractivity contribution in [1.29, 1.82) is 0 Å². The van der Waals surface area contributed by atoms with Crippen LogP contribution in [0.3, 0.4) is 0 Å². The highest BCUT2D eigenvalue weighted by molar-refractivity contribution is 5.78. The van der Waals surface area contributed by atoms with Gasteiger partial charge in [-0.2, -0.15) is 0 Å². The number of hydrogen-bond donors (Lipinski definition) is 0. The Balaban J connectivity index is 2.11. The Labute approximate surface area is 134 Å². The van der Waals surface area contributed by atoms with Gasteiger partial charge >= 0.3 is 0 Å². The quantitative estimate of drug-likeness (QED) is 0.772. The summed E-state index contributed by atoms with van der Waals surface area (Å²) in [5.74, 6) is 0.639. The summed E-state index contributed by atoms with van der Waals surface area (Å²) < 4.78 is 5.91. The summed E-state index contributed by atoms with van der Waals surface area (Å²) in [5, 5.41) is 0. The SMILES string of the molecule is CCCCC(C)CC(=O)N1[C@H](c2ccccc2)COC1(C)C. The summed E-state index contributed by atoms with van der Waals surface area (Å²) in [5.41, 5.74) is 0.629. The molecule has 1 aliphatic rings. The zero-order chi connectivity index (χ0) is 16.2. The molecule has 3 heteroatoms. The molecule has 1 aliphatic heterocycles. The Morgan fingerprint density at radius 3 is 2.68 bits per heavy atom. The van der Waals surface area contributed by atoms with Crippen molar-refractivity contribution in [2.45, 2.75) is 65.1 Å². The van der Waals surface area contributed by atoms with E-state index < -0.39 is 5.72 Å². The third-order valence-electron chi connectivity index (χ3n) is 4.51. The smallest absolute Gasteiger partial charge is 0.225 e. The summed E-state index contributed by atoms with van der Waals surface area (Å²) >= 11 is 0. The van der Waals surface area contributed by atoms with Gasteiger partial charge < -0.3 is 9.64 Å². The lowest BCUT2D eigenvalue weighted by atomic mass is 9.98. The van der Waals surface area contributed by atoms with Gasteiger partial charge in [0.25, 0.3) is 0 Å². The van der Waals surface area contributed by atoms with Gasteiger partial charge in [0.15, 0.2) is 0 Å². The largest absolute Gasteiger partial charge is 0.354 e. The normalized spacial score (nSPS) is 21.8. The van der Waals surface area contributed by atoms with E-state index in [9.17, 15) is 4.79 Å². The number of amides is 1. The summed E-state index contributed by atoms with van der Waals surface area (Å²) in [4.78, 5) is 14.8. The first-order valence-corrected chi connectivity index (χ1v) is 8.46. The van der Waals surface area contributed by atoms with Gasteiger partial charge in [-0.1, -0.05) is 63.4 Å². The van der Waals surface area contributed by atoms with Crippen molar-refractivity contribution in [3.8, 4) is 0 Å². The van der Waals surface area contributed by atoms with E-state index >= 15 is 0 Å². The van der Waals surface area contributed by atoms with Crippen molar-refractivity contribution in [2.75, 3.05) is 6.61 Å². The molecule has 1 unspecified atom stereocenters. The molecular weight excluding hydrogens is 274 g/mol. The molecule has 0 radical (unpaired) electrons. The maximum Gasteiger partial charge on any atom is 0.225 e. The average molecular weight is 303 g/mol. The topological polar surface area (TPSA) is 29.5 Å². The molecule has 1 fully saturated rings. The van der Waals surface area contributed by atoms with Crippen LogP contribution in [0.2, 0.25) is 0 Å². The van der Waals surface area contributed by atoms with E-state index in [0.717, 1.165) is 12.0 Å². The lowest BCUT2D eigenvalue weighted by Gasteiger charge is -2.34. The van der Waals surface area contributed by atoms with Crippen LogP contribution in [0.5, 0.6) is 0 Å². The van der Waals surface area contributed by atoms with Crippen LogP contribution >= 0.6 is 0 Å². The van der Waals surface area contributed by atoms with Crippen LogP contribution < -0.4 is 0 Å². The minimum atomic E-state index is -0.526. The molecule has 1 aromatic carbocycles. The Bertz CT molecular complexity index is 483. The molecule has 0 spiro atoms. The molecule has 1 saturated heterocycles. The molecule has 2 atom stereocenters. The van der Waals surface area contributed by atoms with Crippen LogP contribution in [-0.4, -0.2) is 23.1 Å². The fourth-order valence-corrected chi connectivity index (χ4v) is 3.25. The number of nitrogens with zero attached hydrogens (tertiary/aromatic N) is 1. The van der Waals surface area contributed by atoms with Crippen LogP contribution in [0, 0.1) is 5.92 Å². The molecule has 3 nitrogen and oxygen atoms in total. The molecule has 1 heterocycles. The van der Waals surface area contributed by atoms with Gasteiger partial charge in [-0.05, 0) is 25.3 Å². The zero-order valence-corrected chi connectivity index (χ0v) is 14.3. The van der Waals surface area contributed by atoms with Gasteiger partial charge in [0.2, 0.25) is 5.91 Å². The summed E-state index contributed by atoms with van der Waals surface area (Å²) in [6, 6.07) is 10.2. The van der Waals surface area contributed by atoms with Crippen molar-refractivity contribution >= 4 is 5.91 Å². The molecule has 22 heavy (non-hydrogen) atoms. The van der Waals surface area contributed by atoms with E-state index in [-0.39, 0.29) is 11.9 Å². The van der Waals surface area contributed by atoms with E-state index in [1.54, 1.807) is 0 Å². The van der Waals surface area contributed by atoms with Crippen molar-refractivity contribution in [1.82, 2.24) is 4.90 Å². The first-order valence-electron chi connectivity index (χ1n) is 8.46. The number of carbonyl (C=O) groups excluding carboxylic acids is 1.